The van der Waals surface area contributed by atoms with E-state index in [9.17, 15) is 10.1 Å². The molecule has 0 radical (unpaired) electrons. The zero-order valence-electron chi connectivity index (χ0n) is 18.7. The Morgan fingerprint density at radius 2 is 1.91 bits per heavy atom. The Morgan fingerprint density at radius 1 is 1.15 bits per heavy atom. The molecule has 0 aliphatic carbocycles. The van der Waals surface area contributed by atoms with Crippen molar-refractivity contribution in [2.24, 2.45) is 5.73 Å². The third-order valence-corrected chi connectivity index (χ3v) is 5.63. The molecule has 0 amide bonds. The third kappa shape index (κ3) is 3.55. The molecule has 2 aromatic heterocycles. The maximum Gasteiger partial charge on any atom is 0.259 e. The van der Waals surface area contributed by atoms with Gasteiger partial charge in [0.25, 0.3) is 5.56 Å². The maximum absolute atomic E-state index is 13.8. The van der Waals surface area contributed by atoms with E-state index in [1.807, 2.05) is 0 Å². The third-order valence-electron chi connectivity index (χ3n) is 5.63. The van der Waals surface area contributed by atoms with Gasteiger partial charge in [-0.2, -0.15) is 5.26 Å². The normalized spacial score (nSPS) is 14.8. The number of aromatic nitrogens is 1. The molecule has 9 heteroatoms. The van der Waals surface area contributed by atoms with E-state index in [0.717, 1.165) is 0 Å². The molecule has 0 bridgehead atoms. The average molecular weight is 449 g/mol. The van der Waals surface area contributed by atoms with Crippen molar-refractivity contribution in [3.8, 4) is 29.1 Å². The highest BCUT2D eigenvalue weighted by Crippen LogP contribution is 2.48. The SMILES string of the molecule is COc1ccc([C@H]2C(C#N)=C(N)Oc3cc(C)n(Cc4ccco4)c(=O)c32)c(OC)c1OC. The minimum atomic E-state index is -0.843. The highest BCUT2D eigenvalue weighted by atomic mass is 16.5. The van der Waals surface area contributed by atoms with E-state index < -0.39 is 5.92 Å². The minimum Gasteiger partial charge on any atom is -0.493 e. The van der Waals surface area contributed by atoms with Crippen LogP contribution in [-0.4, -0.2) is 25.9 Å². The van der Waals surface area contributed by atoms with Gasteiger partial charge >= 0.3 is 0 Å². The van der Waals surface area contributed by atoms with Crippen LogP contribution in [0.15, 0.2) is 57.3 Å². The zero-order valence-corrected chi connectivity index (χ0v) is 18.7. The number of nitrogens with two attached hydrogens (primary N) is 1. The van der Waals surface area contributed by atoms with Gasteiger partial charge in [-0.05, 0) is 25.1 Å². The molecule has 4 rings (SSSR count). The van der Waals surface area contributed by atoms with Gasteiger partial charge in [0, 0.05) is 17.3 Å². The summed E-state index contributed by atoms with van der Waals surface area (Å²) >= 11 is 0. The van der Waals surface area contributed by atoms with E-state index in [0.29, 0.717) is 34.3 Å². The summed E-state index contributed by atoms with van der Waals surface area (Å²) < 4.78 is 29.2. The Morgan fingerprint density at radius 3 is 2.52 bits per heavy atom. The second-order valence-corrected chi connectivity index (χ2v) is 7.38. The molecule has 33 heavy (non-hydrogen) atoms. The summed E-state index contributed by atoms with van der Waals surface area (Å²) in [6, 6.07) is 10.8. The van der Waals surface area contributed by atoms with Crippen molar-refractivity contribution in [2.75, 3.05) is 21.3 Å². The molecule has 0 saturated carbocycles. The monoisotopic (exact) mass is 449 g/mol. The van der Waals surface area contributed by atoms with Crippen molar-refractivity contribution in [3.05, 3.63) is 81.0 Å². The first-order valence-corrected chi connectivity index (χ1v) is 10.1. The number of nitriles is 1. The lowest BCUT2D eigenvalue weighted by Gasteiger charge is -2.28. The minimum absolute atomic E-state index is 0.0746. The van der Waals surface area contributed by atoms with Crippen LogP contribution < -0.4 is 30.2 Å². The van der Waals surface area contributed by atoms with E-state index in [1.54, 1.807) is 48.1 Å². The number of hydrogen-bond donors (Lipinski definition) is 1. The first kappa shape index (κ1) is 21.9. The summed E-state index contributed by atoms with van der Waals surface area (Å²) in [5.74, 6) is 1.09. The number of rotatable bonds is 6. The Labute approximate surface area is 190 Å². The van der Waals surface area contributed by atoms with Gasteiger partial charge in [-0.15, -0.1) is 0 Å². The van der Waals surface area contributed by atoms with E-state index in [-0.39, 0.29) is 34.9 Å². The summed E-state index contributed by atoms with van der Waals surface area (Å²) in [5.41, 5.74) is 7.32. The van der Waals surface area contributed by atoms with Crippen LogP contribution >= 0.6 is 0 Å². The van der Waals surface area contributed by atoms with E-state index in [2.05, 4.69) is 6.07 Å². The molecule has 1 aliphatic rings. The first-order chi connectivity index (χ1) is 15.9. The van der Waals surface area contributed by atoms with Crippen molar-refractivity contribution in [3.63, 3.8) is 0 Å². The van der Waals surface area contributed by atoms with Crippen molar-refractivity contribution < 1.29 is 23.4 Å². The maximum atomic E-state index is 13.8. The predicted molar refractivity (Wildman–Crippen MR) is 119 cm³/mol. The first-order valence-electron chi connectivity index (χ1n) is 10.1. The molecule has 1 aromatic carbocycles. The summed E-state index contributed by atoms with van der Waals surface area (Å²) in [6.07, 6.45) is 1.55. The van der Waals surface area contributed by atoms with Gasteiger partial charge in [-0.1, -0.05) is 6.07 Å². The Hall–Kier alpha value is -4.32. The number of nitrogens with zero attached hydrogens (tertiary/aromatic N) is 2. The van der Waals surface area contributed by atoms with E-state index >= 15 is 0 Å². The smallest absolute Gasteiger partial charge is 0.259 e. The van der Waals surface area contributed by atoms with Crippen molar-refractivity contribution in [1.82, 2.24) is 4.57 Å². The molecule has 0 saturated heterocycles. The number of allylic oxidation sites excluding steroid dienone is 1. The van der Waals surface area contributed by atoms with Gasteiger partial charge in [0.1, 0.15) is 23.2 Å². The van der Waals surface area contributed by atoms with Crippen molar-refractivity contribution in [2.45, 2.75) is 19.4 Å². The molecule has 0 spiro atoms. The van der Waals surface area contributed by atoms with Crippen LogP contribution in [0.3, 0.4) is 0 Å². The topological polar surface area (TPSA) is 122 Å². The molecule has 0 fully saturated rings. The molecular weight excluding hydrogens is 426 g/mol. The quantitative estimate of drug-likeness (QED) is 0.609. The number of benzene rings is 1. The van der Waals surface area contributed by atoms with Crippen molar-refractivity contribution in [1.29, 1.82) is 5.26 Å². The predicted octanol–water partition coefficient (Wildman–Crippen LogP) is 3.04. The van der Waals surface area contributed by atoms with Crippen LogP contribution in [0.1, 0.15) is 28.5 Å². The summed E-state index contributed by atoms with van der Waals surface area (Å²) in [6.45, 7) is 2.02. The van der Waals surface area contributed by atoms with Crippen LogP contribution in [0.5, 0.6) is 23.0 Å². The largest absolute Gasteiger partial charge is 0.493 e. The van der Waals surface area contributed by atoms with Gasteiger partial charge < -0.3 is 33.7 Å². The fourth-order valence-electron chi connectivity index (χ4n) is 4.10. The number of methoxy groups -OCH3 is 3. The molecule has 1 aliphatic heterocycles. The lowest BCUT2D eigenvalue weighted by molar-refractivity contribution is 0.321. The van der Waals surface area contributed by atoms with Crippen LogP contribution in [0, 0.1) is 18.3 Å². The van der Waals surface area contributed by atoms with E-state index in [1.165, 1.54) is 21.3 Å². The zero-order chi connectivity index (χ0) is 23.7. The number of aryl methyl sites for hydroxylation is 1. The Kier molecular flexibility index (Phi) is 5.75. The number of hydrogen-bond acceptors (Lipinski definition) is 8. The van der Waals surface area contributed by atoms with Gasteiger partial charge in [0.15, 0.2) is 11.5 Å². The highest BCUT2D eigenvalue weighted by Gasteiger charge is 2.37. The fourth-order valence-corrected chi connectivity index (χ4v) is 4.10. The van der Waals surface area contributed by atoms with Gasteiger partial charge in [-0.3, -0.25) is 4.79 Å². The molecule has 1 atom stereocenters. The molecular formula is C24H23N3O6. The van der Waals surface area contributed by atoms with E-state index in [4.69, 9.17) is 29.1 Å². The molecule has 170 valence electrons. The van der Waals surface area contributed by atoms with Crippen LogP contribution in [0.2, 0.25) is 0 Å². The second kappa shape index (κ2) is 8.67. The Balaban J connectivity index is 2.01. The summed E-state index contributed by atoms with van der Waals surface area (Å²) in [7, 11) is 4.47. The fraction of sp³-hybridized carbons (Fsp3) is 0.250. The average Bonchev–Trinajstić information content (AvgIpc) is 3.33. The highest BCUT2D eigenvalue weighted by molar-refractivity contribution is 5.64. The standard InChI is InChI=1S/C24H23N3O6/c1-13-10-18-20(24(28)27(13)12-14-6-5-9-32-14)19(16(11-25)23(26)33-18)15-7-8-17(29-2)22(31-4)21(15)30-3/h5-10,19H,12,26H2,1-4H3/t19-/m0/s1. The lowest BCUT2D eigenvalue weighted by atomic mass is 9.83. The van der Waals surface area contributed by atoms with Gasteiger partial charge in [0.2, 0.25) is 11.6 Å². The molecule has 9 nitrogen and oxygen atoms in total. The van der Waals surface area contributed by atoms with Crippen LogP contribution in [0.25, 0.3) is 0 Å². The molecule has 2 N–H and O–H groups in total. The number of fused-ring (bicyclic) bond motifs is 1. The van der Waals surface area contributed by atoms with Crippen LogP contribution in [-0.2, 0) is 6.54 Å². The molecule has 3 heterocycles. The van der Waals surface area contributed by atoms with Crippen LogP contribution in [0.4, 0.5) is 0 Å². The number of furan rings is 1. The molecule has 0 unspecified atom stereocenters. The lowest BCUT2D eigenvalue weighted by Crippen LogP contribution is -2.33. The Bertz CT molecular complexity index is 1330. The second-order valence-electron chi connectivity index (χ2n) is 7.38. The molecule has 3 aromatic rings. The number of ether oxygens (including phenoxy) is 4. The van der Waals surface area contributed by atoms with Gasteiger partial charge in [-0.25, -0.2) is 0 Å². The van der Waals surface area contributed by atoms with Gasteiger partial charge in [0.05, 0.1) is 45.6 Å². The summed E-state index contributed by atoms with van der Waals surface area (Å²) in [5, 5.41) is 9.94. The number of pyridine rings is 1. The summed E-state index contributed by atoms with van der Waals surface area (Å²) in [4.78, 5) is 13.8. The van der Waals surface area contributed by atoms with Crippen molar-refractivity contribution >= 4 is 0 Å².